The fraction of sp³-hybridized carbons (Fsp3) is 0.519. The number of amides is 2. The molecule has 1 aromatic rings. The number of aliphatic hydroxyl groups excluding tert-OH is 1. The van der Waals surface area contributed by atoms with Gasteiger partial charge in [0.2, 0.25) is 5.91 Å². The maximum atomic E-state index is 14.3. The summed E-state index contributed by atoms with van der Waals surface area (Å²) in [7, 11) is 0. The van der Waals surface area contributed by atoms with E-state index in [0.29, 0.717) is 36.4 Å². The first-order chi connectivity index (χ1) is 17.8. The van der Waals surface area contributed by atoms with E-state index in [-0.39, 0.29) is 42.9 Å². The normalized spacial score (nSPS) is 29.8. The zero-order valence-corrected chi connectivity index (χ0v) is 22.9. The average Bonchev–Trinajstić information content (AvgIpc) is 3.46. The van der Waals surface area contributed by atoms with Crippen molar-refractivity contribution in [3.8, 4) is 0 Å². The molecule has 3 heterocycles. The molecule has 3 aliphatic heterocycles. The molecule has 10 heteroatoms. The number of ether oxygens (including phenoxy) is 2. The predicted molar refractivity (Wildman–Crippen MR) is 144 cm³/mol. The third-order valence-electron chi connectivity index (χ3n) is 7.38. The van der Waals surface area contributed by atoms with E-state index in [1.807, 2.05) is 0 Å². The van der Waals surface area contributed by atoms with Crippen molar-refractivity contribution in [3.63, 3.8) is 0 Å². The van der Waals surface area contributed by atoms with Crippen LogP contribution in [-0.2, 0) is 23.9 Å². The number of hydrogen-bond acceptors (Lipinski definition) is 6. The van der Waals surface area contributed by atoms with Crippen molar-refractivity contribution in [2.45, 2.75) is 48.3 Å². The van der Waals surface area contributed by atoms with E-state index in [0.717, 1.165) is 0 Å². The molecule has 6 atom stereocenters. The molecule has 4 rings (SSSR count). The summed E-state index contributed by atoms with van der Waals surface area (Å²) in [6, 6.07) is 5.93. The second kappa shape index (κ2) is 11.7. The second-order valence-electron chi connectivity index (χ2n) is 9.58. The molecule has 3 saturated heterocycles. The van der Waals surface area contributed by atoms with Gasteiger partial charge < -0.3 is 24.4 Å². The smallest absolute Gasteiger partial charge is 0.312 e. The Morgan fingerprint density at radius 1 is 1.27 bits per heavy atom. The Bertz CT molecular complexity index is 1050. The number of aliphatic hydroxyl groups is 1. The highest BCUT2D eigenvalue weighted by Crippen LogP contribution is 2.60. The number of rotatable bonds is 12. The first-order valence-electron chi connectivity index (χ1n) is 12.5. The largest absolute Gasteiger partial charge is 0.465 e. The summed E-state index contributed by atoms with van der Waals surface area (Å²) < 4.78 is 12.0. The minimum Gasteiger partial charge on any atom is -0.465 e. The van der Waals surface area contributed by atoms with E-state index in [2.05, 4.69) is 29.1 Å². The summed E-state index contributed by atoms with van der Waals surface area (Å²) in [5, 5.41) is 9.86. The van der Waals surface area contributed by atoms with E-state index in [1.165, 1.54) is 0 Å². The Labute approximate surface area is 230 Å². The molecule has 3 aliphatic rings. The van der Waals surface area contributed by atoms with Gasteiger partial charge in [0.15, 0.2) is 0 Å². The SMILES string of the molecule is C=CCCOC(=O)[C@H]1[C@H]2C(=O)N(CCCCO)C(C(=O)N(CC=C)c3ccc(Cl)cc3)C23CC(Br)[C@@H]1O3. The first kappa shape index (κ1) is 27.8. The number of fused-ring (bicyclic) bond motifs is 1. The Kier molecular flexibility index (Phi) is 8.78. The van der Waals surface area contributed by atoms with Crippen LogP contribution < -0.4 is 4.90 Å². The highest BCUT2D eigenvalue weighted by atomic mass is 79.9. The Hall–Kier alpha value is -2.20. The van der Waals surface area contributed by atoms with Crippen LogP contribution in [0.15, 0.2) is 49.6 Å². The van der Waals surface area contributed by atoms with Crippen molar-refractivity contribution in [2.75, 3.05) is 31.2 Å². The summed E-state index contributed by atoms with van der Waals surface area (Å²) in [6.45, 7) is 8.07. The zero-order valence-electron chi connectivity index (χ0n) is 20.6. The van der Waals surface area contributed by atoms with E-state index in [4.69, 9.17) is 21.1 Å². The highest BCUT2D eigenvalue weighted by molar-refractivity contribution is 9.09. The van der Waals surface area contributed by atoms with Crippen LogP contribution >= 0.6 is 27.5 Å². The number of esters is 1. The summed E-state index contributed by atoms with van der Waals surface area (Å²) in [4.78, 5) is 44.3. The molecule has 3 unspecified atom stereocenters. The van der Waals surface area contributed by atoms with Gasteiger partial charge in [-0.15, -0.1) is 13.2 Å². The lowest BCUT2D eigenvalue weighted by Crippen LogP contribution is -2.57. The zero-order chi connectivity index (χ0) is 26.7. The maximum absolute atomic E-state index is 14.3. The van der Waals surface area contributed by atoms with Gasteiger partial charge in [0, 0.05) is 35.2 Å². The van der Waals surface area contributed by atoms with Gasteiger partial charge in [-0.2, -0.15) is 0 Å². The lowest BCUT2D eigenvalue weighted by atomic mass is 9.70. The van der Waals surface area contributed by atoms with Crippen LogP contribution in [0.5, 0.6) is 0 Å². The van der Waals surface area contributed by atoms with Gasteiger partial charge in [-0.1, -0.05) is 39.7 Å². The molecule has 37 heavy (non-hydrogen) atoms. The van der Waals surface area contributed by atoms with Gasteiger partial charge in [0.25, 0.3) is 5.91 Å². The number of alkyl halides is 1. The Balaban J connectivity index is 1.73. The van der Waals surface area contributed by atoms with Crippen molar-refractivity contribution in [1.29, 1.82) is 0 Å². The third kappa shape index (κ3) is 4.99. The Morgan fingerprint density at radius 2 is 2.00 bits per heavy atom. The van der Waals surface area contributed by atoms with Gasteiger partial charge in [-0.05, 0) is 49.9 Å². The quantitative estimate of drug-likeness (QED) is 0.172. The third-order valence-corrected chi connectivity index (χ3v) is 8.48. The fourth-order valence-electron chi connectivity index (χ4n) is 5.87. The number of benzene rings is 1. The summed E-state index contributed by atoms with van der Waals surface area (Å²) in [6.07, 6.45) is 4.58. The molecule has 0 radical (unpaired) electrons. The van der Waals surface area contributed by atoms with Crippen LogP contribution in [0.3, 0.4) is 0 Å². The van der Waals surface area contributed by atoms with Crippen LogP contribution in [-0.4, -0.2) is 76.7 Å². The lowest BCUT2D eigenvalue weighted by Gasteiger charge is -2.37. The van der Waals surface area contributed by atoms with E-state index >= 15 is 0 Å². The fourth-order valence-corrected chi connectivity index (χ4v) is 6.94. The van der Waals surface area contributed by atoms with Gasteiger partial charge >= 0.3 is 5.97 Å². The molecule has 2 amide bonds. The number of hydrogen-bond donors (Lipinski definition) is 1. The van der Waals surface area contributed by atoms with Gasteiger partial charge in [0.1, 0.15) is 11.6 Å². The maximum Gasteiger partial charge on any atom is 0.312 e. The van der Waals surface area contributed by atoms with Crippen LogP contribution in [0, 0.1) is 11.8 Å². The molecule has 200 valence electrons. The molecule has 0 aromatic heterocycles. The molecule has 8 nitrogen and oxygen atoms in total. The molecule has 0 saturated carbocycles. The topological polar surface area (TPSA) is 96.4 Å². The van der Waals surface area contributed by atoms with Crippen molar-refractivity contribution >= 4 is 51.0 Å². The van der Waals surface area contributed by atoms with E-state index in [1.54, 1.807) is 46.2 Å². The Morgan fingerprint density at radius 3 is 2.65 bits per heavy atom. The van der Waals surface area contributed by atoms with Crippen molar-refractivity contribution in [3.05, 3.63) is 54.6 Å². The number of halogens is 2. The molecule has 0 aliphatic carbocycles. The van der Waals surface area contributed by atoms with Crippen LogP contribution in [0.2, 0.25) is 5.02 Å². The van der Waals surface area contributed by atoms with Gasteiger partial charge in [-0.3, -0.25) is 14.4 Å². The lowest BCUT2D eigenvalue weighted by molar-refractivity contribution is -0.154. The van der Waals surface area contributed by atoms with Crippen molar-refractivity contribution in [1.82, 2.24) is 4.90 Å². The summed E-state index contributed by atoms with van der Waals surface area (Å²) in [5.41, 5.74) is -0.569. The summed E-state index contributed by atoms with van der Waals surface area (Å²) in [5.74, 6) is -2.76. The molecular formula is C27H32BrClN2O6. The molecule has 3 fully saturated rings. The van der Waals surface area contributed by atoms with Crippen molar-refractivity contribution < 1.29 is 29.0 Å². The van der Waals surface area contributed by atoms with Crippen molar-refractivity contribution in [2.24, 2.45) is 11.8 Å². The number of carbonyl (C=O) groups excluding carboxylic acids is 3. The van der Waals surface area contributed by atoms with E-state index in [9.17, 15) is 19.5 Å². The minimum absolute atomic E-state index is 0.0249. The molecule has 1 aromatic carbocycles. The van der Waals surface area contributed by atoms with Crippen LogP contribution in [0.25, 0.3) is 0 Å². The molecule has 1 spiro atoms. The summed E-state index contributed by atoms with van der Waals surface area (Å²) >= 11 is 9.72. The van der Waals surface area contributed by atoms with Crippen LogP contribution in [0.1, 0.15) is 25.7 Å². The second-order valence-corrected chi connectivity index (χ2v) is 11.2. The number of unbranched alkanes of at least 4 members (excludes halogenated alkanes) is 1. The van der Waals surface area contributed by atoms with Crippen LogP contribution in [0.4, 0.5) is 5.69 Å². The number of anilines is 1. The molecular weight excluding hydrogens is 564 g/mol. The number of likely N-dealkylation sites (tertiary alicyclic amines) is 1. The number of carbonyl (C=O) groups is 3. The molecule has 1 N–H and O–H groups in total. The van der Waals surface area contributed by atoms with Gasteiger partial charge in [-0.25, -0.2) is 0 Å². The standard InChI is InChI=1S/C27H32BrClN2O6/c1-3-5-15-36-26(35)20-21-24(33)31(13-6-7-14-32)23(27(21)16-19(28)22(20)37-27)25(34)30(12-4-2)18-10-8-17(29)9-11-18/h3-4,8-11,19-23,32H,1-2,5-7,12-16H2/t19?,20-,21-,22-,23?,27?/m0/s1. The van der Waals surface area contributed by atoms with Gasteiger partial charge in [0.05, 0.1) is 24.5 Å². The number of nitrogens with zero attached hydrogens (tertiary/aromatic N) is 2. The predicted octanol–water partition coefficient (Wildman–Crippen LogP) is 3.50. The minimum atomic E-state index is -1.18. The monoisotopic (exact) mass is 594 g/mol. The average molecular weight is 596 g/mol. The highest BCUT2D eigenvalue weighted by Gasteiger charge is 2.77. The van der Waals surface area contributed by atoms with E-state index < -0.39 is 35.6 Å². The first-order valence-corrected chi connectivity index (χ1v) is 13.8. The molecule has 2 bridgehead atoms.